The van der Waals surface area contributed by atoms with Crippen molar-refractivity contribution >= 4 is 34.4 Å². The molecule has 1 amide bonds. The molecule has 20 heavy (non-hydrogen) atoms. The van der Waals surface area contributed by atoms with Crippen LogP contribution in [-0.2, 0) is 16.1 Å². The molecule has 0 aromatic heterocycles. The van der Waals surface area contributed by atoms with E-state index in [1.807, 2.05) is 6.07 Å². The number of amides is 1. The number of hydrogen-bond acceptors (Lipinski definition) is 5. The zero-order valence-corrected chi connectivity index (χ0v) is 13.5. The molecule has 1 unspecified atom stereocenters. The fraction of sp³-hybridized carbons (Fsp3) is 0.385. The molecule has 0 radical (unpaired) electrons. The highest BCUT2D eigenvalue weighted by molar-refractivity contribution is 8.13. The lowest BCUT2D eigenvalue weighted by atomic mass is 10.2. The number of ether oxygens (including phenoxy) is 1. The Morgan fingerprint density at radius 2 is 1.95 bits per heavy atom. The smallest absolute Gasteiger partial charge is 0.413 e. The number of benzene rings is 1. The molecular formula is C13H18N2O3S2. The van der Waals surface area contributed by atoms with Gasteiger partial charge in [-0.2, -0.15) is 0 Å². The summed E-state index contributed by atoms with van der Waals surface area (Å²) >= 11 is -0.364. The molecule has 0 saturated heterocycles. The normalized spacial score (nSPS) is 13.8. The maximum absolute atomic E-state index is 12.0. The molecule has 1 aromatic carbocycles. The molecule has 7 heteroatoms. The van der Waals surface area contributed by atoms with Crippen LogP contribution in [0.3, 0.4) is 0 Å². The van der Waals surface area contributed by atoms with Gasteiger partial charge in [0.25, 0.3) is 0 Å². The topological polar surface area (TPSA) is 73.8 Å². The monoisotopic (exact) mass is 314 g/mol. The Morgan fingerprint density at radius 1 is 1.35 bits per heavy atom. The minimum atomic E-state index is -1.56. The summed E-state index contributed by atoms with van der Waals surface area (Å²) in [7, 11) is 0. The Labute approximate surface area is 126 Å². The molecular weight excluding hydrogens is 296 g/mol. The number of carbonyl (C=O) groups excluding carboxylic acids is 1. The summed E-state index contributed by atoms with van der Waals surface area (Å²) in [5.74, 6) is 0. The third-order valence-corrected chi connectivity index (χ3v) is 3.63. The molecule has 1 rings (SSSR count). The van der Waals surface area contributed by atoms with Gasteiger partial charge in [0.15, 0.2) is 4.90 Å². The van der Waals surface area contributed by atoms with Crippen LogP contribution in [0.25, 0.3) is 0 Å². The van der Waals surface area contributed by atoms with E-state index in [-0.39, 0.29) is 5.17 Å². The average Bonchev–Trinajstić information content (AvgIpc) is 2.36. The summed E-state index contributed by atoms with van der Waals surface area (Å²) in [6.07, 6.45) is 1.12. The highest BCUT2D eigenvalue weighted by atomic mass is 32.2. The Hall–Kier alpha value is -1.18. The van der Waals surface area contributed by atoms with Gasteiger partial charge in [-0.15, -0.1) is 0 Å². The second-order valence-corrected chi connectivity index (χ2v) is 6.74. The van der Waals surface area contributed by atoms with Gasteiger partial charge < -0.3 is 9.29 Å². The van der Waals surface area contributed by atoms with E-state index in [0.717, 1.165) is 0 Å². The number of hydrogen-bond donors (Lipinski definition) is 1. The summed E-state index contributed by atoms with van der Waals surface area (Å²) < 4.78 is 21.1. The number of nitrogens with zero attached hydrogens (tertiary/aromatic N) is 1. The summed E-state index contributed by atoms with van der Waals surface area (Å²) in [6, 6.07) is 8.82. The SMILES string of the molecule is CS/C(=N\[S+]([O-])c1ccccc1)NC(=O)OC(C)(C)C. The van der Waals surface area contributed by atoms with Gasteiger partial charge in [0.1, 0.15) is 17.0 Å². The Balaban J connectivity index is 2.70. The van der Waals surface area contributed by atoms with Crippen molar-refractivity contribution in [3.8, 4) is 0 Å². The molecule has 5 nitrogen and oxygen atoms in total. The molecule has 0 aliphatic rings. The van der Waals surface area contributed by atoms with Crippen LogP contribution in [0.5, 0.6) is 0 Å². The zero-order valence-electron chi connectivity index (χ0n) is 11.9. The second kappa shape index (κ2) is 7.56. The van der Waals surface area contributed by atoms with Crippen LogP contribution in [0, 0.1) is 0 Å². The number of thioether (sulfide) groups is 1. The van der Waals surface area contributed by atoms with E-state index in [1.165, 1.54) is 11.8 Å². The highest BCUT2D eigenvalue weighted by Crippen LogP contribution is 2.13. The predicted molar refractivity (Wildman–Crippen MR) is 83.2 cm³/mol. The van der Waals surface area contributed by atoms with Crippen molar-refractivity contribution in [3.63, 3.8) is 0 Å². The molecule has 0 bridgehead atoms. The molecule has 1 N–H and O–H groups in total. The van der Waals surface area contributed by atoms with Crippen LogP contribution in [-0.4, -0.2) is 27.7 Å². The maximum Gasteiger partial charge on any atom is 0.413 e. The molecule has 0 aliphatic heterocycles. The first-order valence-electron chi connectivity index (χ1n) is 5.91. The van der Waals surface area contributed by atoms with Gasteiger partial charge in [-0.3, -0.25) is 5.32 Å². The van der Waals surface area contributed by atoms with Crippen LogP contribution < -0.4 is 5.32 Å². The molecule has 0 saturated carbocycles. The van der Waals surface area contributed by atoms with Gasteiger partial charge >= 0.3 is 6.09 Å². The predicted octanol–water partition coefficient (Wildman–Crippen LogP) is 2.95. The van der Waals surface area contributed by atoms with E-state index in [1.54, 1.807) is 51.3 Å². The fourth-order valence-electron chi connectivity index (χ4n) is 1.17. The number of nitrogens with one attached hydrogen (secondary N) is 1. The molecule has 110 valence electrons. The van der Waals surface area contributed by atoms with E-state index in [2.05, 4.69) is 9.71 Å². The van der Waals surface area contributed by atoms with Crippen molar-refractivity contribution in [2.75, 3.05) is 6.26 Å². The summed E-state index contributed by atoms with van der Waals surface area (Å²) in [5, 5.41) is 2.73. The summed E-state index contributed by atoms with van der Waals surface area (Å²) in [6.45, 7) is 5.31. The minimum Gasteiger partial charge on any atom is -0.586 e. The molecule has 0 fully saturated rings. The minimum absolute atomic E-state index is 0.251. The maximum atomic E-state index is 12.0. The van der Waals surface area contributed by atoms with Crippen molar-refractivity contribution in [2.45, 2.75) is 31.3 Å². The van der Waals surface area contributed by atoms with Crippen molar-refractivity contribution in [1.29, 1.82) is 0 Å². The van der Waals surface area contributed by atoms with Crippen molar-refractivity contribution in [2.24, 2.45) is 4.40 Å². The van der Waals surface area contributed by atoms with Gasteiger partial charge in [0, 0.05) is 0 Å². The van der Waals surface area contributed by atoms with Crippen LogP contribution in [0.15, 0.2) is 39.6 Å². The first-order valence-corrected chi connectivity index (χ1v) is 8.24. The lowest BCUT2D eigenvalue weighted by Crippen LogP contribution is -2.35. The summed E-state index contributed by atoms with van der Waals surface area (Å²) in [5.41, 5.74) is -0.591. The number of amidine groups is 1. The van der Waals surface area contributed by atoms with Crippen LogP contribution >= 0.6 is 11.8 Å². The first-order chi connectivity index (χ1) is 9.31. The number of alkyl carbamates (subject to hydrolysis) is 1. The Bertz CT molecular complexity index is 472. The van der Waals surface area contributed by atoms with Gasteiger partial charge in [0.2, 0.25) is 5.17 Å². The second-order valence-electron chi connectivity index (χ2n) is 4.79. The fourth-order valence-corrected chi connectivity index (χ4v) is 2.55. The molecule has 1 aromatic rings. The standard InChI is InChI=1S/C13H18N2O3S2/c1-13(2,3)18-12(16)14-11(19-4)15-20(17)10-8-6-5-7-9-10/h5-9H,1-4H3,(H,14,15,16). The van der Waals surface area contributed by atoms with Crippen LogP contribution in [0.1, 0.15) is 20.8 Å². The van der Waals surface area contributed by atoms with Crippen molar-refractivity contribution < 1.29 is 14.1 Å². The van der Waals surface area contributed by atoms with Gasteiger partial charge in [-0.05, 0) is 43.6 Å². The Morgan fingerprint density at radius 3 is 2.45 bits per heavy atom. The van der Waals surface area contributed by atoms with Crippen LogP contribution in [0.4, 0.5) is 4.79 Å². The summed E-state index contributed by atoms with van der Waals surface area (Å²) in [4.78, 5) is 12.2. The first kappa shape index (κ1) is 16.9. The highest BCUT2D eigenvalue weighted by Gasteiger charge is 2.19. The van der Waals surface area contributed by atoms with E-state index in [9.17, 15) is 9.35 Å². The van der Waals surface area contributed by atoms with E-state index >= 15 is 0 Å². The van der Waals surface area contributed by atoms with E-state index in [4.69, 9.17) is 4.74 Å². The number of carbonyl (C=O) groups is 1. The van der Waals surface area contributed by atoms with Crippen molar-refractivity contribution in [3.05, 3.63) is 30.3 Å². The lowest BCUT2D eigenvalue weighted by Gasteiger charge is -2.19. The Kier molecular flexibility index (Phi) is 6.38. The van der Waals surface area contributed by atoms with Gasteiger partial charge in [0.05, 0.1) is 0 Å². The molecule has 0 heterocycles. The molecule has 1 atom stereocenters. The van der Waals surface area contributed by atoms with E-state index in [0.29, 0.717) is 4.90 Å². The molecule has 0 spiro atoms. The number of rotatable bonds is 2. The van der Waals surface area contributed by atoms with Gasteiger partial charge in [-0.25, -0.2) is 4.79 Å². The van der Waals surface area contributed by atoms with E-state index < -0.39 is 23.1 Å². The third-order valence-electron chi connectivity index (χ3n) is 1.91. The van der Waals surface area contributed by atoms with Gasteiger partial charge in [-0.1, -0.05) is 30.0 Å². The van der Waals surface area contributed by atoms with Crippen LogP contribution in [0.2, 0.25) is 0 Å². The lowest BCUT2D eigenvalue weighted by molar-refractivity contribution is 0.0565. The third kappa shape index (κ3) is 6.31. The quantitative estimate of drug-likeness (QED) is 0.517. The largest absolute Gasteiger partial charge is 0.586 e. The molecule has 0 aliphatic carbocycles. The zero-order chi connectivity index (χ0) is 15.2. The average molecular weight is 314 g/mol. The van der Waals surface area contributed by atoms with Crippen molar-refractivity contribution in [1.82, 2.24) is 5.32 Å².